The Hall–Kier alpha value is -0.730. The number of methoxy groups -OCH3 is 1. The van der Waals surface area contributed by atoms with Crippen LogP contribution in [0.15, 0.2) is 24.3 Å². The van der Waals surface area contributed by atoms with Gasteiger partial charge < -0.3 is 10.1 Å². The van der Waals surface area contributed by atoms with Gasteiger partial charge in [-0.1, -0.05) is 25.1 Å². The van der Waals surface area contributed by atoms with Crippen LogP contribution in [-0.2, 0) is 6.54 Å². The number of para-hydroxylation sites is 1. The molecule has 1 unspecified atom stereocenters. The second-order valence-electron chi connectivity index (χ2n) is 4.21. The molecule has 0 aliphatic rings. The average Bonchev–Trinajstić information content (AvgIpc) is 2.36. The van der Waals surface area contributed by atoms with Gasteiger partial charge in [0.15, 0.2) is 0 Å². The first kappa shape index (κ1) is 13.3. The van der Waals surface area contributed by atoms with Crippen molar-refractivity contribution in [3.8, 4) is 5.75 Å². The predicted molar refractivity (Wildman–Crippen MR) is 69.2 cm³/mol. The summed E-state index contributed by atoms with van der Waals surface area (Å²) >= 11 is 5.96. The fraction of sp³-hybridized carbons (Fsp3) is 0.538. The van der Waals surface area contributed by atoms with Crippen LogP contribution < -0.4 is 10.1 Å². The van der Waals surface area contributed by atoms with Crippen LogP contribution in [0.4, 0.5) is 0 Å². The smallest absolute Gasteiger partial charge is 0.123 e. The lowest BCUT2D eigenvalue weighted by Gasteiger charge is -2.27. The molecule has 0 amide bonds. The Morgan fingerprint density at radius 1 is 1.38 bits per heavy atom. The highest BCUT2D eigenvalue weighted by Gasteiger charge is 2.19. The third kappa shape index (κ3) is 3.39. The van der Waals surface area contributed by atoms with Gasteiger partial charge in [-0.05, 0) is 19.4 Å². The summed E-state index contributed by atoms with van der Waals surface area (Å²) in [4.78, 5) is 0. The summed E-state index contributed by atoms with van der Waals surface area (Å²) in [5.74, 6) is 1.53. The molecular weight excluding hydrogens is 222 g/mol. The van der Waals surface area contributed by atoms with E-state index in [9.17, 15) is 0 Å². The van der Waals surface area contributed by atoms with Gasteiger partial charge in [0, 0.05) is 23.5 Å². The van der Waals surface area contributed by atoms with E-state index >= 15 is 0 Å². The highest BCUT2D eigenvalue weighted by molar-refractivity contribution is 6.18. The summed E-state index contributed by atoms with van der Waals surface area (Å²) in [5, 5.41) is 3.47. The highest BCUT2D eigenvalue weighted by atomic mass is 35.5. The molecule has 1 rings (SSSR count). The number of hydrogen-bond acceptors (Lipinski definition) is 2. The Bertz CT molecular complexity index is 323. The van der Waals surface area contributed by atoms with E-state index in [1.54, 1.807) is 7.11 Å². The maximum atomic E-state index is 5.96. The van der Waals surface area contributed by atoms with Gasteiger partial charge in [0.2, 0.25) is 0 Å². The van der Waals surface area contributed by atoms with Gasteiger partial charge in [0.05, 0.1) is 7.11 Å². The maximum absolute atomic E-state index is 5.96. The molecule has 0 fully saturated rings. The molecule has 1 aromatic carbocycles. The topological polar surface area (TPSA) is 21.3 Å². The Balaban J connectivity index is 2.67. The lowest BCUT2D eigenvalue weighted by atomic mass is 10.0. The van der Waals surface area contributed by atoms with Crippen LogP contribution in [0.25, 0.3) is 0 Å². The number of nitrogens with one attached hydrogen (secondary N) is 1. The van der Waals surface area contributed by atoms with E-state index in [-0.39, 0.29) is 5.54 Å². The summed E-state index contributed by atoms with van der Waals surface area (Å²) in [6, 6.07) is 8.03. The Kier molecular flexibility index (Phi) is 5.10. The van der Waals surface area contributed by atoms with Crippen molar-refractivity contribution < 1.29 is 4.74 Å². The van der Waals surface area contributed by atoms with Gasteiger partial charge >= 0.3 is 0 Å². The number of alkyl halides is 1. The molecule has 0 bridgehead atoms. The van der Waals surface area contributed by atoms with Crippen LogP contribution >= 0.6 is 11.6 Å². The number of rotatable bonds is 6. The number of benzene rings is 1. The molecule has 2 nitrogen and oxygen atoms in total. The molecule has 0 spiro atoms. The standard InChI is InChI=1S/C13H20ClNO/c1-4-13(2,10-14)15-9-11-7-5-6-8-12(11)16-3/h5-8,15H,4,9-10H2,1-3H3. The Labute approximate surface area is 103 Å². The minimum absolute atomic E-state index is 0.0115. The van der Waals surface area contributed by atoms with Gasteiger partial charge in [-0.3, -0.25) is 0 Å². The van der Waals surface area contributed by atoms with Crippen LogP contribution in [-0.4, -0.2) is 18.5 Å². The fourth-order valence-electron chi connectivity index (χ4n) is 1.42. The zero-order valence-electron chi connectivity index (χ0n) is 10.2. The van der Waals surface area contributed by atoms with Crippen molar-refractivity contribution >= 4 is 11.6 Å². The van der Waals surface area contributed by atoms with Gasteiger partial charge in [-0.25, -0.2) is 0 Å². The van der Waals surface area contributed by atoms with E-state index in [1.807, 2.05) is 18.2 Å². The molecule has 1 N–H and O–H groups in total. The van der Waals surface area contributed by atoms with Gasteiger partial charge in [-0.15, -0.1) is 11.6 Å². The zero-order chi connectivity index (χ0) is 12.0. The predicted octanol–water partition coefficient (Wildman–Crippen LogP) is 3.19. The lowest BCUT2D eigenvalue weighted by molar-refractivity contribution is 0.368. The first-order valence-electron chi connectivity index (χ1n) is 5.58. The molecule has 0 saturated heterocycles. The molecule has 0 saturated carbocycles. The average molecular weight is 242 g/mol. The largest absolute Gasteiger partial charge is 0.496 e. The molecular formula is C13H20ClNO. The summed E-state index contributed by atoms with van der Waals surface area (Å²) in [6.45, 7) is 5.05. The first-order valence-corrected chi connectivity index (χ1v) is 6.11. The molecule has 0 radical (unpaired) electrons. The molecule has 1 aromatic rings. The molecule has 1 atom stereocenters. The van der Waals surface area contributed by atoms with Crippen LogP contribution in [0.2, 0.25) is 0 Å². The molecule has 90 valence electrons. The normalized spacial score (nSPS) is 14.5. The number of ether oxygens (including phenoxy) is 1. The van der Waals surface area contributed by atoms with E-state index in [4.69, 9.17) is 16.3 Å². The third-order valence-electron chi connectivity index (χ3n) is 2.97. The first-order chi connectivity index (χ1) is 7.65. The van der Waals surface area contributed by atoms with Crippen LogP contribution in [0.3, 0.4) is 0 Å². The SMILES string of the molecule is CCC(C)(CCl)NCc1ccccc1OC. The number of hydrogen-bond donors (Lipinski definition) is 1. The summed E-state index contributed by atoms with van der Waals surface area (Å²) < 4.78 is 5.30. The molecule has 0 aromatic heterocycles. The maximum Gasteiger partial charge on any atom is 0.123 e. The van der Waals surface area contributed by atoms with Crippen LogP contribution in [0, 0.1) is 0 Å². The van der Waals surface area contributed by atoms with E-state index in [0.717, 1.165) is 24.3 Å². The molecule has 0 aliphatic carbocycles. The summed E-state index contributed by atoms with van der Waals surface area (Å²) in [5.41, 5.74) is 1.15. The van der Waals surface area contributed by atoms with Crippen molar-refractivity contribution in [3.63, 3.8) is 0 Å². The highest BCUT2D eigenvalue weighted by Crippen LogP contribution is 2.19. The fourth-order valence-corrected chi connectivity index (χ4v) is 1.71. The van der Waals surface area contributed by atoms with Crippen molar-refractivity contribution in [1.82, 2.24) is 5.32 Å². The molecule has 16 heavy (non-hydrogen) atoms. The van der Waals surface area contributed by atoms with Gasteiger partial charge in [-0.2, -0.15) is 0 Å². The Morgan fingerprint density at radius 3 is 2.62 bits per heavy atom. The van der Waals surface area contributed by atoms with E-state index in [1.165, 1.54) is 0 Å². The minimum Gasteiger partial charge on any atom is -0.496 e. The summed E-state index contributed by atoms with van der Waals surface area (Å²) in [6.07, 6.45) is 1.01. The minimum atomic E-state index is -0.0115. The van der Waals surface area contributed by atoms with E-state index in [2.05, 4.69) is 25.2 Å². The van der Waals surface area contributed by atoms with Crippen molar-refractivity contribution in [1.29, 1.82) is 0 Å². The van der Waals surface area contributed by atoms with E-state index < -0.39 is 0 Å². The molecule has 0 heterocycles. The molecule has 3 heteroatoms. The lowest BCUT2D eigenvalue weighted by Crippen LogP contribution is -2.43. The quantitative estimate of drug-likeness (QED) is 0.773. The summed E-state index contributed by atoms with van der Waals surface area (Å²) in [7, 11) is 1.69. The second-order valence-corrected chi connectivity index (χ2v) is 4.48. The van der Waals surface area contributed by atoms with Crippen molar-refractivity contribution in [2.75, 3.05) is 13.0 Å². The van der Waals surface area contributed by atoms with Crippen LogP contribution in [0.1, 0.15) is 25.8 Å². The van der Waals surface area contributed by atoms with Gasteiger partial charge in [0.1, 0.15) is 5.75 Å². The zero-order valence-corrected chi connectivity index (χ0v) is 11.0. The van der Waals surface area contributed by atoms with Crippen molar-refractivity contribution in [3.05, 3.63) is 29.8 Å². The second kappa shape index (κ2) is 6.12. The van der Waals surface area contributed by atoms with Crippen molar-refractivity contribution in [2.24, 2.45) is 0 Å². The molecule has 0 aliphatic heterocycles. The van der Waals surface area contributed by atoms with Crippen molar-refractivity contribution in [2.45, 2.75) is 32.4 Å². The van der Waals surface area contributed by atoms with E-state index in [0.29, 0.717) is 5.88 Å². The van der Waals surface area contributed by atoms with Crippen LogP contribution in [0.5, 0.6) is 5.75 Å². The monoisotopic (exact) mass is 241 g/mol. The number of halogens is 1. The Morgan fingerprint density at radius 2 is 2.06 bits per heavy atom. The third-order valence-corrected chi connectivity index (χ3v) is 3.56. The van der Waals surface area contributed by atoms with Gasteiger partial charge in [0.25, 0.3) is 0 Å².